The van der Waals surface area contributed by atoms with E-state index in [2.05, 4.69) is 52.5 Å². The summed E-state index contributed by atoms with van der Waals surface area (Å²) in [6.07, 6.45) is 6.67. The number of pyridine rings is 1. The van der Waals surface area contributed by atoms with Gasteiger partial charge in [-0.1, -0.05) is 18.2 Å². The van der Waals surface area contributed by atoms with Crippen molar-refractivity contribution in [3.05, 3.63) is 58.9 Å². The van der Waals surface area contributed by atoms with E-state index in [-0.39, 0.29) is 0 Å². The van der Waals surface area contributed by atoms with Gasteiger partial charge in [-0.05, 0) is 61.6 Å². The molecule has 3 N–H and O–H groups in total. The smallest absolute Gasteiger partial charge is 0.0607 e. The normalized spacial score (nSPS) is 24.6. The van der Waals surface area contributed by atoms with Gasteiger partial charge in [-0.3, -0.25) is 9.88 Å². The molecule has 1 saturated heterocycles. The molecule has 0 radical (unpaired) electrons. The summed E-state index contributed by atoms with van der Waals surface area (Å²) >= 11 is 0. The van der Waals surface area contributed by atoms with Crippen LogP contribution >= 0.6 is 0 Å². The molecule has 2 atom stereocenters. The molecule has 1 aromatic heterocycles. The lowest BCUT2D eigenvalue weighted by atomic mass is 9.89. The molecule has 0 amide bonds. The highest BCUT2D eigenvalue weighted by Gasteiger charge is 2.31. The SMILES string of the molecule is CN(C[C@H]1Cc2c(cccc2N2CC(N)C2)CN1)[C@H]1CCCc2cccnc21. The third kappa shape index (κ3) is 3.32. The molecule has 1 aromatic carbocycles. The van der Waals surface area contributed by atoms with Crippen molar-refractivity contribution in [2.24, 2.45) is 5.73 Å². The van der Waals surface area contributed by atoms with E-state index in [1.807, 2.05) is 6.20 Å². The van der Waals surface area contributed by atoms with Crippen molar-refractivity contribution in [1.82, 2.24) is 15.2 Å². The predicted octanol–water partition coefficient (Wildman–Crippen LogP) is 2.25. The van der Waals surface area contributed by atoms with E-state index in [1.54, 1.807) is 0 Å². The Morgan fingerprint density at radius 1 is 1.21 bits per heavy atom. The second-order valence-corrected chi connectivity index (χ2v) is 8.76. The molecule has 1 aliphatic carbocycles. The Labute approximate surface area is 167 Å². The number of aromatic nitrogens is 1. The van der Waals surface area contributed by atoms with E-state index >= 15 is 0 Å². The van der Waals surface area contributed by atoms with Crippen molar-refractivity contribution in [2.75, 3.05) is 31.6 Å². The van der Waals surface area contributed by atoms with Crippen LogP contribution in [0, 0.1) is 0 Å². The molecular formula is C23H31N5. The lowest BCUT2D eigenvalue weighted by Crippen LogP contribution is -2.56. The summed E-state index contributed by atoms with van der Waals surface area (Å²) in [7, 11) is 2.27. The number of likely N-dealkylation sites (N-methyl/N-ethyl adjacent to an activating group) is 1. The maximum Gasteiger partial charge on any atom is 0.0607 e. The molecule has 28 heavy (non-hydrogen) atoms. The van der Waals surface area contributed by atoms with Crippen molar-refractivity contribution in [3.8, 4) is 0 Å². The molecule has 2 aliphatic heterocycles. The van der Waals surface area contributed by atoms with E-state index in [4.69, 9.17) is 10.7 Å². The van der Waals surface area contributed by atoms with Gasteiger partial charge in [-0.25, -0.2) is 0 Å². The Morgan fingerprint density at radius 3 is 2.93 bits per heavy atom. The number of hydrogen-bond acceptors (Lipinski definition) is 5. The summed E-state index contributed by atoms with van der Waals surface area (Å²) in [5, 5.41) is 3.77. The van der Waals surface area contributed by atoms with Gasteiger partial charge in [-0.15, -0.1) is 0 Å². The lowest BCUT2D eigenvalue weighted by molar-refractivity contribution is 0.191. The van der Waals surface area contributed by atoms with Crippen molar-refractivity contribution in [1.29, 1.82) is 0 Å². The maximum atomic E-state index is 6.03. The minimum atomic E-state index is 0.332. The first-order valence-electron chi connectivity index (χ1n) is 10.7. The van der Waals surface area contributed by atoms with Crippen LogP contribution in [0.5, 0.6) is 0 Å². The van der Waals surface area contributed by atoms with Crippen LogP contribution < -0.4 is 16.0 Å². The van der Waals surface area contributed by atoms with E-state index in [9.17, 15) is 0 Å². The molecule has 3 heterocycles. The van der Waals surface area contributed by atoms with Crippen LogP contribution in [-0.4, -0.2) is 48.6 Å². The minimum absolute atomic E-state index is 0.332. The zero-order chi connectivity index (χ0) is 19.1. The Morgan fingerprint density at radius 2 is 2.07 bits per heavy atom. The molecule has 3 aliphatic rings. The summed E-state index contributed by atoms with van der Waals surface area (Å²) in [4.78, 5) is 9.70. The number of rotatable bonds is 4. The van der Waals surface area contributed by atoms with E-state index in [1.165, 1.54) is 47.3 Å². The minimum Gasteiger partial charge on any atom is -0.368 e. The van der Waals surface area contributed by atoms with E-state index in [0.29, 0.717) is 18.1 Å². The Balaban J connectivity index is 1.31. The Hall–Kier alpha value is -1.95. The van der Waals surface area contributed by atoms with Crippen molar-refractivity contribution in [3.63, 3.8) is 0 Å². The van der Waals surface area contributed by atoms with Crippen LogP contribution in [0.15, 0.2) is 36.5 Å². The van der Waals surface area contributed by atoms with Crippen molar-refractivity contribution < 1.29 is 0 Å². The average molecular weight is 378 g/mol. The standard InChI is InChI=1S/C23H31N5/c1-27(22-9-2-5-16-7-4-10-25-23(16)22)15-19-11-20-17(12-26-19)6-3-8-21(20)28-13-18(24)14-28/h3-4,6-8,10,18-19,22,26H,2,5,9,11-15,24H2,1H3/t19-,22+/m1/s1. The molecule has 5 heteroatoms. The van der Waals surface area contributed by atoms with Crippen LogP contribution in [0.2, 0.25) is 0 Å². The highest BCUT2D eigenvalue weighted by Crippen LogP contribution is 2.34. The fourth-order valence-corrected chi connectivity index (χ4v) is 5.22. The predicted molar refractivity (Wildman–Crippen MR) is 114 cm³/mol. The number of anilines is 1. The third-order valence-corrected chi connectivity index (χ3v) is 6.74. The number of hydrogen-bond donors (Lipinski definition) is 2. The Bertz CT molecular complexity index is 845. The average Bonchev–Trinajstić information content (AvgIpc) is 2.70. The summed E-state index contributed by atoms with van der Waals surface area (Å²) in [6.45, 7) is 3.98. The number of fused-ring (bicyclic) bond motifs is 2. The molecule has 2 aromatic rings. The number of aryl methyl sites for hydroxylation is 1. The van der Waals surface area contributed by atoms with Crippen molar-refractivity contribution >= 4 is 5.69 Å². The van der Waals surface area contributed by atoms with Gasteiger partial charge < -0.3 is 16.0 Å². The highest BCUT2D eigenvalue weighted by molar-refractivity contribution is 5.59. The first kappa shape index (κ1) is 18.1. The first-order valence-corrected chi connectivity index (χ1v) is 10.7. The molecule has 1 fully saturated rings. The molecule has 0 bridgehead atoms. The topological polar surface area (TPSA) is 57.4 Å². The monoisotopic (exact) mass is 377 g/mol. The van der Waals surface area contributed by atoms with Gasteiger partial charge in [0.1, 0.15) is 0 Å². The molecule has 5 nitrogen and oxygen atoms in total. The highest BCUT2D eigenvalue weighted by atomic mass is 15.2. The third-order valence-electron chi connectivity index (χ3n) is 6.74. The molecular weight excluding hydrogens is 346 g/mol. The van der Waals surface area contributed by atoms with Gasteiger partial charge in [-0.2, -0.15) is 0 Å². The summed E-state index contributed by atoms with van der Waals surface area (Å²) in [5.41, 5.74) is 13.1. The van der Waals surface area contributed by atoms with Gasteiger partial charge in [0, 0.05) is 50.1 Å². The summed E-state index contributed by atoms with van der Waals surface area (Å²) in [6, 6.07) is 12.3. The molecule has 0 spiro atoms. The van der Waals surface area contributed by atoms with Crippen LogP contribution in [0.25, 0.3) is 0 Å². The van der Waals surface area contributed by atoms with E-state index in [0.717, 1.165) is 32.6 Å². The van der Waals surface area contributed by atoms with Gasteiger partial charge in [0.05, 0.1) is 11.7 Å². The van der Waals surface area contributed by atoms with Gasteiger partial charge in [0.15, 0.2) is 0 Å². The molecule has 0 saturated carbocycles. The van der Waals surface area contributed by atoms with Crippen LogP contribution in [0.3, 0.4) is 0 Å². The van der Waals surface area contributed by atoms with Crippen molar-refractivity contribution in [2.45, 2.75) is 50.4 Å². The van der Waals surface area contributed by atoms with Crippen LogP contribution in [-0.2, 0) is 19.4 Å². The second-order valence-electron chi connectivity index (χ2n) is 8.76. The molecule has 5 rings (SSSR count). The number of benzene rings is 1. The van der Waals surface area contributed by atoms with Gasteiger partial charge >= 0.3 is 0 Å². The molecule has 0 unspecified atom stereocenters. The van der Waals surface area contributed by atoms with Gasteiger partial charge in [0.25, 0.3) is 0 Å². The Kier molecular flexibility index (Phi) is 4.83. The summed E-state index contributed by atoms with van der Waals surface area (Å²) < 4.78 is 0. The lowest BCUT2D eigenvalue weighted by Gasteiger charge is -2.42. The first-order chi connectivity index (χ1) is 13.7. The number of nitrogens with two attached hydrogens (primary N) is 1. The quantitative estimate of drug-likeness (QED) is 0.856. The maximum absolute atomic E-state index is 6.03. The fourth-order valence-electron chi connectivity index (χ4n) is 5.22. The second kappa shape index (κ2) is 7.47. The summed E-state index contributed by atoms with van der Waals surface area (Å²) in [5.74, 6) is 0. The zero-order valence-electron chi connectivity index (χ0n) is 16.8. The van der Waals surface area contributed by atoms with E-state index < -0.39 is 0 Å². The van der Waals surface area contributed by atoms with Crippen LogP contribution in [0.1, 0.15) is 41.3 Å². The molecule has 148 valence electrons. The van der Waals surface area contributed by atoms with Gasteiger partial charge in [0.2, 0.25) is 0 Å². The van der Waals surface area contributed by atoms with Crippen LogP contribution in [0.4, 0.5) is 5.69 Å². The largest absolute Gasteiger partial charge is 0.368 e. The zero-order valence-corrected chi connectivity index (χ0v) is 16.8. The number of nitrogens with zero attached hydrogens (tertiary/aromatic N) is 3. The fraction of sp³-hybridized carbons (Fsp3) is 0.522. The number of nitrogens with one attached hydrogen (secondary N) is 1.